The van der Waals surface area contributed by atoms with Gasteiger partial charge in [0, 0.05) is 28.4 Å². The van der Waals surface area contributed by atoms with E-state index < -0.39 is 5.60 Å². The highest BCUT2D eigenvalue weighted by Gasteiger charge is 2.62. The third-order valence-corrected chi connectivity index (χ3v) is 10.7. The molecule has 3 saturated carbocycles. The van der Waals surface area contributed by atoms with E-state index in [1.807, 2.05) is 6.92 Å². The second-order valence-electron chi connectivity index (χ2n) is 10.3. The molecule has 3 aliphatic rings. The van der Waals surface area contributed by atoms with E-state index in [1.165, 1.54) is 12.5 Å². The van der Waals surface area contributed by atoms with Crippen molar-refractivity contribution in [3.8, 4) is 0 Å². The van der Waals surface area contributed by atoms with Gasteiger partial charge in [-0.1, -0.05) is 64.3 Å². The molecule has 0 aromatic rings. The molecule has 0 aliphatic heterocycles. The molecule has 7 atom stereocenters. The zero-order chi connectivity index (χ0) is 20.2. The predicted octanol–water partition coefficient (Wildman–Crippen LogP) is 5.77. The number of hydrogen-bond acceptors (Lipinski definition) is 3. The van der Waals surface area contributed by atoms with Crippen LogP contribution in [0.5, 0.6) is 0 Å². The molecule has 0 bridgehead atoms. The summed E-state index contributed by atoms with van der Waals surface area (Å²) in [5.41, 5.74) is 0.856. The molecule has 0 unspecified atom stereocenters. The summed E-state index contributed by atoms with van der Waals surface area (Å²) in [5, 5.41) is 11.3. The van der Waals surface area contributed by atoms with Crippen LogP contribution in [0.4, 0.5) is 0 Å². The van der Waals surface area contributed by atoms with E-state index in [4.69, 9.17) is 4.74 Å². The summed E-state index contributed by atoms with van der Waals surface area (Å²) in [6.45, 7) is 10.4. The lowest BCUT2D eigenvalue weighted by atomic mass is 9.60. The van der Waals surface area contributed by atoms with E-state index in [0.29, 0.717) is 9.65 Å². The molecular formula is C22H34Br2O3. The SMILES string of the molecule is CC(=O)O[C@H]1C[C@]2(C)[C@@H](Br)CC[C@@](C)(O)[C@H]2[C@@H]1/C=C1\CC[C@H](Br)C(C)(C)C1. The standard InChI is InChI=1S/C22H34Br2O3/c1-13(25)27-16-12-21(4)18(24)8-9-22(5,26)19(21)15(16)10-14-6-7-17(23)20(2,3)11-14/h10,15-19,26H,6-9,11-12H2,1-5H3/b14-10+/t15-,16+,17+,18+,19+,21-,22-/m1/s1. The summed E-state index contributed by atoms with van der Waals surface area (Å²) in [4.78, 5) is 12.7. The van der Waals surface area contributed by atoms with Crippen LogP contribution in [0.1, 0.15) is 73.1 Å². The molecule has 154 valence electrons. The van der Waals surface area contributed by atoms with Gasteiger partial charge >= 0.3 is 5.97 Å². The quantitative estimate of drug-likeness (QED) is 0.294. The molecular weight excluding hydrogens is 472 g/mol. The summed E-state index contributed by atoms with van der Waals surface area (Å²) < 4.78 is 5.81. The summed E-state index contributed by atoms with van der Waals surface area (Å²) in [7, 11) is 0. The third kappa shape index (κ3) is 4.07. The number of alkyl halides is 2. The van der Waals surface area contributed by atoms with E-state index in [9.17, 15) is 9.90 Å². The Bertz CT molecular complexity index is 627. The van der Waals surface area contributed by atoms with Crippen molar-refractivity contribution in [1.29, 1.82) is 0 Å². The normalized spacial score (nSPS) is 48.3. The van der Waals surface area contributed by atoms with Crippen molar-refractivity contribution in [2.24, 2.45) is 22.7 Å². The van der Waals surface area contributed by atoms with Crippen LogP contribution in [0.3, 0.4) is 0 Å². The topological polar surface area (TPSA) is 46.5 Å². The van der Waals surface area contributed by atoms with Crippen LogP contribution < -0.4 is 0 Å². The van der Waals surface area contributed by atoms with E-state index in [0.717, 1.165) is 38.5 Å². The lowest BCUT2D eigenvalue weighted by molar-refractivity contribution is -0.148. The van der Waals surface area contributed by atoms with E-state index in [2.05, 4.69) is 58.7 Å². The maximum Gasteiger partial charge on any atom is 0.302 e. The number of aliphatic hydroxyl groups is 1. The number of fused-ring (bicyclic) bond motifs is 1. The lowest BCUT2D eigenvalue weighted by Gasteiger charge is -2.50. The van der Waals surface area contributed by atoms with Gasteiger partial charge in [-0.25, -0.2) is 0 Å². The van der Waals surface area contributed by atoms with Crippen molar-refractivity contribution in [3.63, 3.8) is 0 Å². The van der Waals surface area contributed by atoms with Crippen LogP contribution in [-0.4, -0.2) is 32.4 Å². The van der Waals surface area contributed by atoms with Gasteiger partial charge in [0.05, 0.1) is 5.60 Å². The van der Waals surface area contributed by atoms with Crippen LogP contribution in [0, 0.1) is 22.7 Å². The van der Waals surface area contributed by atoms with Gasteiger partial charge in [-0.3, -0.25) is 4.79 Å². The Morgan fingerprint density at radius 2 is 1.85 bits per heavy atom. The fraction of sp³-hybridized carbons (Fsp3) is 0.864. The highest BCUT2D eigenvalue weighted by Crippen LogP contribution is 2.61. The van der Waals surface area contributed by atoms with Gasteiger partial charge in [0.2, 0.25) is 0 Å². The number of carbonyl (C=O) groups is 1. The van der Waals surface area contributed by atoms with Gasteiger partial charge < -0.3 is 9.84 Å². The summed E-state index contributed by atoms with van der Waals surface area (Å²) >= 11 is 7.74. The average molecular weight is 506 g/mol. The highest BCUT2D eigenvalue weighted by atomic mass is 79.9. The van der Waals surface area contributed by atoms with E-state index >= 15 is 0 Å². The van der Waals surface area contributed by atoms with Crippen molar-refractivity contribution >= 4 is 37.8 Å². The van der Waals surface area contributed by atoms with Crippen LogP contribution in [0.2, 0.25) is 0 Å². The van der Waals surface area contributed by atoms with Crippen molar-refractivity contribution in [3.05, 3.63) is 11.6 Å². The number of ether oxygens (including phenoxy) is 1. The van der Waals surface area contributed by atoms with Crippen LogP contribution in [-0.2, 0) is 9.53 Å². The fourth-order valence-electron chi connectivity index (χ4n) is 6.14. The molecule has 0 heterocycles. The monoisotopic (exact) mass is 504 g/mol. The summed E-state index contributed by atoms with van der Waals surface area (Å²) in [6.07, 6.45) is 8.02. The third-order valence-electron chi connectivity index (χ3n) is 7.45. The fourth-order valence-corrected chi connectivity index (χ4v) is 7.23. The lowest BCUT2D eigenvalue weighted by Crippen LogP contribution is -2.52. The Hall–Kier alpha value is 0.130. The molecule has 3 aliphatic carbocycles. The molecule has 1 N–H and O–H groups in total. The summed E-state index contributed by atoms with van der Waals surface area (Å²) in [6, 6.07) is 0. The number of carbonyl (C=O) groups excluding carboxylic acids is 1. The molecule has 0 spiro atoms. The molecule has 0 aromatic carbocycles. The molecule has 0 saturated heterocycles. The predicted molar refractivity (Wildman–Crippen MR) is 116 cm³/mol. The number of esters is 1. The smallest absolute Gasteiger partial charge is 0.302 e. The average Bonchev–Trinajstić information content (AvgIpc) is 2.81. The Morgan fingerprint density at radius 1 is 1.19 bits per heavy atom. The van der Waals surface area contributed by atoms with E-state index in [-0.39, 0.29) is 34.7 Å². The van der Waals surface area contributed by atoms with Crippen LogP contribution in [0.25, 0.3) is 0 Å². The first-order valence-electron chi connectivity index (χ1n) is 10.2. The largest absolute Gasteiger partial charge is 0.462 e. The minimum atomic E-state index is -0.738. The number of allylic oxidation sites excluding steroid dienone is 1. The number of hydrogen-bond donors (Lipinski definition) is 1. The minimum absolute atomic E-state index is 0.0759. The summed E-state index contributed by atoms with van der Waals surface area (Å²) in [5.74, 6) is -0.0578. The number of halogens is 2. The van der Waals surface area contributed by atoms with Crippen molar-refractivity contribution in [2.75, 3.05) is 0 Å². The van der Waals surface area contributed by atoms with Gasteiger partial charge in [-0.2, -0.15) is 0 Å². The molecule has 27 heavy (non-hydrogen) atoms. The molecule has 0 aromatic heterocycles. The molecule has 3 rings (SSSR count). The Labute approximate surface area is 181 Å². The second kappa shape index (κ2) is 7.43. The van der Waals surface area contributed by atoms with Crippen molar-refractivity contribution in [1.82, 2.24) is 0 Å². The maximum atomic E-state index is 11.8. The Kier molecular flexibility index (Phi) is 6.01. The Balaban J connectivity index is 1.98. The highest BCUT2D eigenvalue weighted by molar-refractivity contribution is 9.09. The Morgan fingerprint density at radius 3 is 2.44 bits per heavy atom. The minimum Gasteiger partial charge on any atom is -0.462 e. The maximum absolute atomic E-state index is 11.8. The van der Waals surface area contributed by atoms with Gasteiger partial charge in [0.25, 0.3) is 0 Å². The van der Waals surface area contributed by atoms with Gasteiger partial charge in [0.15, 0.2) is 0 Å². The van der Waals surface area contributed by atoms with E-state index in [1.54, 1.807) is 0 Å². The first-order chi connectivity index (χ1) is 12.4. The van der Waals surface area contributed by atoms with Gasteiger partial charge in [-0.15, -0.1) is 0 Å². The molecule has 0 amide bonds. The molecule has 3 fully saturated rings. The zero-order valence-electron chi connectivity index (χ0n) is 17.2. The van der Waals surface area contributed by atoms with Gasteiger partial charge in [0.1, 0.15) is 6.10 Å². The first-order valence-corrected chi connectivity index (χ1v) is 12.1. The van der Waals surface area contributed by atoms with Gasteiger partial charge in [-0.05, 0) is 56.3 Å². The van der Waals surface area contributed by atoms with Crippen LogP contribution in [0.15, 0.2) is 11.6 Å². The van der Waals surface area contributed by atoms with Crippen molar-refractivity contribution < 1.29 is 14.6 Å². The molecule has 3 nitrogen and oxygen atoms in total. The number of rotatable bonds is 2. The molecule has 5 heteroatoms. The van der Waals surface area contributed by atoms with Crippen LogP contribution >= 0.6 is 31.9 Å². The van der Waals surface area contributed by atoms with Crippen molar-refractivity contribution in [2.45, 2.75) is 94.5 Å². The second-order valence-corrected chi connectivity index (χ2v) is 12.5. The zero-order valence-corrected chi connectivity index (χ0v) is 20.4. The molecule has 0 radical (unpaired) electrons. The first kappa shape index (κ1) is 21.8.